The van der Waals surface area contributed by atoms with Gasteiger partial charge in [-0.25, -0.2) is 23.5 Å². The molecule has 0 amide bonds. The van der Waals surface area contributed by atoms with Crippen LogP contribution in [0.2, 0.25) is 10.3 Å². The first kappa shape index (κ1) is 13.2. The fourth-order valence-corrected chi connectivity index (χ4v) is 2.60. The van der Waals surface area contributed by atoms with E-state index in [4.69, 9.17) is 28.3 Å². The third kappa shape index (κ3) is 2.62. The topological polar surface area (TPSA) is 85.9 Å². The minimum absolute atomic E-state index is 0.0126. The van der Waals surface area contributed by atoms with E-state index in [-0.39, 0.29) is 26.5 Å². The van der Waals surface area contributed by atoms with E-state index in [9.17, 15) is 8.42 Å². The van der Waals surface area contributed by atoms with Gasteiger partial charge in [0.1, 0.15) is 10.8 Å². The van der Waals surface area contributed by atoms with Crippen LogP contribution < -0.4 is 5.14 Å². The molecule has 0 radical (unpaired) electrons. The number of rotatable bonds is 2. The summed E-state index contributed by atoms with van der Waals surface area (Å²) in [4.78, 5) is 7.72. The van der Waals surface area contributed by atoms with Gasteiger partial charge in [0.25, 0.3) is 0 Å². The molecule has 0 spiro atoms. The first-order chi connectivity index (χ1) is 8.39. The molecule has 2 aromatic rings. The molecule has 0 atom stereocenters. The van der Waals surface area contributed by atoms with Crippen molar-refractivity contribution < 1.29 is 8.42 Å². The summed E-state index contributed by atoms with van der Waals surface area (Å²) in [5, 5.41) is 5.26. The molecule has 0 aliphatic rings. The lowest BCUT2D eigenvalue weighted by Crippen LogP contribution is -2.13. The third-order valence-electron chi connectivity index (χ3n) is 2.15. The Labute approximate surface area is 114 Å². The maximum absolute atomic E-state index is 11.5. The first-order valence-corrected chi connectivity index (χ1v) is 7.00. The molecule has 1 aromatic heterocycles. The van der Waals surface area contributed by atoms with Crippen LogP contribution in [0, 0.1) is 0 Å². The fourth-order valence-electron chi connectivity index (χ4n) is 1.44. The van der Waals surface area contributed by atoms with Gasteiger partial charge in [-0.15, -0.1) is 0 Å². The summed E-state index contributed by atoms with van der Waals surface area (Å²) < 4.78 is 22.9. The maximum atomic E-state index is 11.5. The van der Waals surface area contributed by atoms with Crippen molar-refractivity contribution in [2.45, 2.75) is 4.90 Å². The van der Waals surface area contributed by atoms with Gasteiger partial charge in [-0.05, 0) is 6.07 Å². The van der Waals surface area contributed by atoms with Crippen molar-refractivity contribution in [2.24, 2.45) is 5.14 Å². The Kier molecular flexibility index (Phi) is 3.54. The van der Waals surface area contributed by atoms with Gasteiger partial charge >= 0.3 is 0 Å². The fraction of sp³-hybridized carbons (Fsp3) is 0. The highest BCUT2D eigenvalue weighted by Crippen LogP contribution is 2.29. The Morgan fingerprint density at radius 2 is 1.83 bits per heavy atom. The van der Waals surface area contributed by atoms with E-state index in [1.54, 1.807) is 18.2 Å². The van der Waals surface area contributed by atoms with Crippen LogP contribution in [0.1, 0.15) is 0 Å². The number of hydrogen-bond donors (Lipinski definition) is 1. The number of halogens is 2. The van der Waals surface area contributed by atoms with Gasteiger partial charge in [0.2, 0.25) is 10.0 Å². The van der Waals surface area contributed by atoms with Gasteiger partial charge in [0.15, 0.2) is 5.15 Å². The smallest absolute Gasteiger partial charge is 0.238 e. The van der Waals surface area contributed by atoms with Crippen molar-refractivity contribution >= 4 is 33.2 Å². The molecule has 0 saturated heterocycles. The van der Waals surface area contributed by atoms with E-state index in [2.05, 4.69) is 9.97 Å². The normalized spacial score (nSPS) is 11.5. The second-order valence-corrected chi connectivity index (χ2v) is 5.65. The second-order valence-electron chi connectivity index (χ2n) is 3.37. The molecule has 0 unspecified atom stereocenters. The molecule has 0 saturated carbocycles. The predicted octanol–water partition coefficient (Wildman–Crippen LogP) is 2.10. The van der Waals surface area contributed by atoms with Crippen LogP contribution in [-0.4, -0.2) is 18.4 Å². The number of nitrogens with two attached hydrogens (primary N) is 1. The molecular formula is C10H7Cl2N3O2S. The molecule has 1 aromatic carbocycles. The van der Waals surface area contributed by atoms with E-state index in [1.165, 1.54) is 12.3 Å². The van der Waals surface area contributed by atoms with Gasteiger partial charge in [-0.2, -0.15) is 0 Å². The summed E-state index contributed by atoms with van der Waals surface area (Å²) in [5.41, 5.74) is 0.500. The van der Waals surface area contributed by atoms with Crippen molar-refractivity contribution in [1.82, 2.24) is 9.97 Å². The number of aromatic nitrogens is 2. The summed E-state index contributed by atoms with van der Waals surface area (Å²) in [6, 6.07) is 6.12. The summed E-state index contributed by atoms with van der Waals surface area (Å²) in [6.07, 6.45) is 1.28. The number of sulfonamides is 1. The lowest BCUT2D eigenvalue weighted by molar-refractivity contribution is 0.598. The Hall–Kier alpha value is -1.21. The van der Waals surface area contributed by atoms with Crippen LogP contribution in [0.4, 0.5) is 0 Å². The van der Waals surface area contributed by atoms with Crippen molar-refractivity contribution in [2.75, 3.05) is 0 Å². The zero-order valence-corrected chi connectivity index (χ0v) is 11.2. The van der Waals surface area contributed by atoms with E-state index in [1.807, 2.05) is 0 Å². The van der Waals surface area contributed by atoms with Gasteiger partial charge in [0, 0.05) is 5.56 Å². The van der Waals surface area contributed by atoms with Crippen molar-refractivity contribution in [3.63, 3.8) is 0 Å². The van der Waals surface area contributed by atoms with Crippen LogP contribution in [0.15, 0.2) is 35.4 Å². The lowest BCUT2D eigenvalue weighted by Gasteiger charge is -2.07. The Morgan fingerprint density at radius 1 is 1.17 bits per heavy atom. The zero-order chi connectivity index (χ0) is 13.3. The van der Waals surface area contributed by atoms with Gasteiger partial charge in [-0.1, -0.05) is 41.4 Å². The quantitative estimate of drug-likeness (QED) is 0.920. The highest BCUT2D eigenvalue weighted by atomic mass is 35.5. The minimum Gasteiger partial charge on any atom is -0.250 e. The SMILES string of the molecule is NS(=O)(=O)c1ccccc1-c1ncc(Cl)nc1Cl. The Balaban J connectivity index is 2.72. The Bertz CT molecular complexity index is 704. The molecule has 2 rings (SSSR count). The summed E-state index contributed by atoms with van der Waals surface area (Å²) in [7, 11) is -3.87. The highest BCUT2D eigenvalue weighted by Gasteiger charge is 2.18. The molecule has 0 aliphatic heterocycles. The van der Waals surface area contributed by atoms with Crippen LogP contribution in [0.25, 0.3) is 11.3 Å². The molecule has 18 heavy (non-hydrogen) atoms. The molecule has 5 nitrogen and oxygen atoms in total. The highest BCUT2D eigenvalue weighted by molar-refractivity contribution is 7.89. The molecule has 0 bridgehead atoms. The number of hydrogen-bond acceptors (Lipinski definition) is 4. The molecule has 0 fully saturated rings. The van der Waals surface area contributed by atoms with Gasteiger partial charge < -0.3 is 0 Å². The van der Waals surface area contributed by atoms with Crippen LogP contribution in [0.3, 0.4) is 0 Å². The van der Waals surface area contributed by atoms with E-state index in [0.717, 1.165) is 0 Å². The van der Waals surface area contributed by atoms with Crippen molar-refractivity contribution in [1.29, 1.82) is 0 Å². The van der Waals surface area contributed by atoms with Crippen LogP contribution in [0.5, 0.6) is 0 Å². The molecule has 8 heteroatoms. The average Bonchev–Trinajstić information content (AvgIpc) is 2.28. The second kappa shape index (κ2) is 4.81. The van der Waals surface area contributed by atoms with Gasteiger partial charge in [-0.3, -0.25) is 0 Å². The predicted molar refractivity (Wildman–Crippen MR) is 68.9 cm³/mol. The first-order valence-electron chi connectivity index (χ1n) is 4.70. The number of primary sulfonamides is 1. The number of benzene rings is 1. The summed E-state index contributed by atoms with van der Waals surface area (Å²) in [6.45, 7) is 0. The maximum Gasteiger partial charge on any atom is 0.238 e. The van der Waals surface area contributed by atoms with E-state index >= 15 is 0 Å². The Morgan fingerprint density at radius 3 is 2.44 bits per heavy atom. The molecule has 1 heterocycles. The third-order valence-corrected chi connectivity index (χ3v) is 3.56. The summed E-state index contributed by atoms with van der Waals surface area (Å²) >= 11 is 11.5. The molecule has 94 valence electrons. The van der Waals surface area contributed by atoms with Crippen LogP contribution >= 0.6 is 23.2 Å². The molecule has 0 aliphatic carbocycles. The molecular weight excluding hydrogens is 297 g/mol. The van der Waals surface area contributed by atoms with Crippen LogP contribution in [-0.2, 0) is 10.0 Å². The summed E-state index contributed by atoms with van der Waals surface area (Å²) in [5.74, 6) is 0. The monoisotopic (exact) mass is 303 g/mol. The van der Waals surface area contributed by atoms with E-state index < -0.39 is 10.0 Å². The molecule has 2 N–H and O–H groups in total. The standard InChI is InChI=1S/C10H7Cl2N3O2S/c11-8-5-14-9(10(12)15-8)6-3-1-2-4-7(6)18(13,16)17/h1-5H,(H2,13,16,17). The largest absolute Gasteiger partial charge is 0.250 e. The average molecular weight is 304 g/mol. The van der Waals surface area contributed by atoms with Crippen molar-refractivity contribution in [3.8, 4) is 11.3 Å². The van der Waals surface area contributed by atoms with E-state index in [0.29, 0.717) is 0 Å². The van der Waals surface area contributed by atoms with Crippen molar-refractivity contribution in [3.05, 3.63) is 40.8 Å². The zero-order valence-electron chi connectivity index (χ0n) is 8.84. The number of nitrogens with zero attached hydrogens (tertiary/aromatic N) is 2. The minimum atomic E-state index is -3.87. The van der Waals surface area contributed by atoms with Gasteiger partial charge in [0.05, 0.1) is 11.1 Å². The lowest BCUT2D eigenvalue weighted by atomic mass is 10.1.